The lowest BCUT2D eigenvalue weighted by Crippen LogP contribution is -2.05. The molecular formula is C12H15N3. The van der Waals surface area contributed by atoms with Crippen molar-refractivity contribution in [2.24, 2.45) is 0 Å². The third-order valence-electron chi connectivity index (χ3n) is 2.46. The molecule has 2 aromatic heterocycles. The quantitative estimate of drug-likeness (QED) is 0.761. The molecule has 15 heavy (non-hydrogen) atoms. The van der Waals surface area contributed by atoms with Crippen LogP contribution in [0.1, 0.15) is 17.0 Å². The first-order valence-corrected chi connectivity index (χ1v) is 5.15. The van der Waals surface area contributed by atoms with Crippen molar-refractivity contribution >= 4 is 0 Å². The minimum atomic E-state index is 0.934. The Balaban J connectivity index is 2.02. The Morgan fingerprint density at radius 1 is 1.20 bits per heavy atom. The largest absolute Gasteiger partial charge is 0.269 e. The molecule has 0 aliphatic carbocycles. The van der Waals surface area contributed by atoms with Crippen molar-refractivity contribution in [1.82, 2.24) is 14.8 Å². The molecule has 0 fully saturated rings. The van der Waals surface area contributed by atoms with Crippen molar-refractivity contribution in [2.75, 3.05) is 0 Å². The van der Waals surface area contributed by atoms with Crippen LogP contribution in [0.5, 0.6) is 0 Å². The summed E-state index contributed by atoms with van der Waals surface area (Å²) in [6.45, 7) is 5.05. The van der Waals surface area contributed by atoms with Crippen LogP contribution in [-0.4, -0.2) is 14.8 Å². The topological polar surface area (TPSA) is 30.7 Å². The molecule has 2 heterocycles. The van der Waals surface area contributed by atoms with Gasteiger partial charge in [0.2, 0.25) is 0 Å². The van der Waals surface area contributed by atoms with Gasteiger partial charge < -0.3 is 0 Å². The maximum absolute atomic E-state index is 4.43. The van der Waals surface area contributed by atoms with E-state index in [-0.39, 0.29) is 0 Å². The molecule has 0 amide bonds. The molecule has 0 saturated heterocycles. The summed E-state index contributed by atoms with van der Waals surface area (Å²) in [5.41, 5.74) is 3.61. The van der Waals surface area contributed by atoms with Gasteiger partial charge in [-0.05, 0) is 44.0 Å². The Kier molecular flexibility index (Phi) is 2.81. The number of hydrogen-bond donors (Lipinski definition) is 0. The number of aromatic nitrogens is 3. The Morgan fingerprint density at radius 3 is 2.53 bits per heavy atom. The van der Waals surface area contributed by atoms with Crippen LogP contribution in [0.25, 0.3) is 0 Å². The van der Waals surface area contributed by atoms with Crippen LogP contribution in [0.3, 0.4) is 0 Å². The zero-order valence-corrected chi connectivity index (χ0v) is 9.14. The molecule has 0 atom stereocenters. The highest BCUT2D eigenvalue weighted by molar-refractivity contribution is 5.11. The second kappa shape index (κ2) is 4.26. The minimum Gasteiger partial charge on any atom is -0.269 e. The number of hydrogen-bond acceptors (Lipinski definition) is 2. The third-order valence-corrected chi connectivity index (χ3v) is 2.46. The van der Waals surface area contributed by atoms with Gasteiger partial charge in [-0.1, -0.05) is 0 Å². The fourth-order valence-corrected chi connectivity index (χ4v) is 1.69. The summed E-state index contributed by atoms with van der Waals surface area (Å²) in [4.78, 5) is 4.00. The first kappa shape index (κ1) is 9.90. The van der Waals surface area contributed by atoms with Crippen LogP contribution >= 0.6 is 0 Å². The molecule has 3 heteroatoms. The molecule has 0 saturated carbocycles. The maximum atomic E-state index is 4.43. The Bertz CT molecular complexity index is 431. The highest BCUT2D eigenvalue weighted by Gasteiger charge is 2.00. The van der Waals surface area contributed by atoms with Gasteiger partial charge >= 0.3 is 0 Å². The van der Waals surface area contributed by atoms with Crippen molar-refractivity contribution < 1.29 is 0 Å². The van der Waals surface area contributed by atoms with Crippen molar-refractivity contribution in [1.29, 1.82) is 0 Å². The third kappa shape index (κ3) is 2.43. The average molecular weight is 201 g/mol. The zero-order valence-electron chi connectivity index (χ0n) is 9.14. The van der Waals surface area contributed by atoms with Gasteiger partial charge in [-0.15, -0.1) is 0 Å². The summed E-state index contributed by atoms with van der Waals surface area (Å²) < 4.78 is 2.05. The smallest absolute Gasteiger partial charge is 0.0596 e. The van der Waals surface area contributed by atoms with Crippen molar-refractivity contribution in [3.63, 3.8) is 0 Å². The summed E-state index contributed by atoms with van der Waals surface area (Å²) in [6, 6.07) is 6.20. The van der Waals surface area contributed by atoms with Crippen molar-refractivity contribution in [3.05, 3.63) is 47.5 Å². The summed E-state index contributed by atoms with van der Waals surface area (Å²) in [7, 11) is 0. The lowest BCUT2D eigenvalue weighted by molar-refractivity contribution is 0.594. The molecule has 0 unspecified atom stereocenters. The monoisotopic (exact) mass is 201 g/mol. The summed E-state index contributed by atoms with van der Waals surface area (Å²) >= 11 is 0. The second-order valence-electron chi connectivity index (χ2n) is 3.76. The SMILES string of the molecule is Cc1cc(C)n(CCc2ccncc2)n1. The summed E-state index contributed by atoms with van der Waals surface area (Å²) in [5, 5.41) is 4.43. The van der Waals surface area contributed by atoms with Gasteiger partial charge in [0.15, 0.2) is 0 Å². The number of pyridine rings is 1. The van der Waals surface area contributed by atoms with Gasteiger partial charge in [-0.3, -0.25) is 9.67 Å². The van der Waals surface area contributed by atoms with Gasteiger partial charge in [0, 0.05) is 24.6 Å². The fraction of sp³-hybridized carbons (Fsp3) is 0.333. The van der Waals surface area contributed by atoms with Crippen LogP contribution in [0, 0.1) is 13.8 Å². The Hall–Kier alpha value is -1.64. The van der Waals surface area contributed by atoms with Crippen LogP contribution in [0.2, 0.25) is 0 Å². The van der Waals surface area contributed by atoms with Crippen molar-refractivity contribution in [2.45, 2.75) is 26.8 Å². The summed E-state index contributed by atoms with van der Waals surface area (Å²) in [5.74, 6) is 0. The number of aryl methyl sites for hydroxylation is 4. The lowest BCUT2D eigenvalue weighted by atomic mass is 10.2. The molecular weight excluding hydrogens is 186 g/mol. The standard InChI is InChI=1S/C12H15N3/c1-10-9-11(2)15(14-10)8-5-12-3-6-13-7-4-12/h3-4,6-7,9H,5,8H2,1-2H3. The zero-order chi connectivity index (χ0) is 10.7. The van der Waals surface area contributed by atoms with E-state index in [0.29, 0.717) is 0 Å². The molecule has 0 aliphatic rings. The van der Waals surface area contributed by atoms with Crippen LogP contribution < -0.4 is 0 Å². The van der Waals surface area contributed by atoms with E-state index in [0.717, 1.165) is 18.7 Å². The lowest BCUT2D eigenvalue weighted by Gasteiger charge is -2.03. The molecule has 0 aliphatic heterocycles. The van der Waals surface area contributed by atoms with E-state index in [1.165, 1.54) is 11.3 Å². The molecule has 2 aromatic rings. The normalized spacial score (nSPS) is 10.5. The van der Waals surface area contributed by atoms with E-state index >= 15 is 0 Å². The number of nitrogens with zero attached hydrogens (tertiary/aromatic N) is 3. The van der Waals surface area contributed by atoms with E-state index in [4.69, 9.17) is 0 Å². The molecule has 2 rings (SSSR count). The minimum absolute atomic E-state index is 0.934. The highest BCUT2D eigenvalue weighted by Crippen LogP contribution is 2.04. The maximum Gasteiger partial charge on any atom is 0.0596 e. The van der Waals surface area contributed by atoms with Crippen molar-refractivity contribution in [3.8, 4) is 0 Å². The molecule has 0 bridgehead atoms. The molecule has 0 spiro atoms. The first-order chi connectivity index (χ1) is 7.25. The van der Waals surface area contributed by atoms with Gasteiger partial charge in [0.25, 0.3) is 0 Å². The molecule has 3 nitrogen and oxygen atoms in total. The average Bonchev–Trinajstić information content (AvgIpc) is 2.56. The predicted octanol–water partition coefficient (Wildman–Crippen LogP) is 2.14. The fourth-order valence-electron chi connectivity index (χ4n) is 1.69. The van der Waals surface area contributed by atoms with Gasteiger partial charge in [0.1, 0.15) is 0 Å². The molecule has 0 N–H and O–H groups in total. The van der Waals surface area contributed by atoms with Gasteiger partial charge in [0.05, 0.1) is 5.69 Å². The number of rotatable bonds is 3. The van der Waals surface area contributed by atoms with E-state index in [1.807, 2.05) is 31.5 Å². The molecule has 78 valence electrons. The Morgan fingerprint density at radius 2 is 1.93 bits per heavy atom. The van der Waals surface area contributed by atoms with E-state index < -0.39 is 0 Å². The van der Waals surface area contributed by atoms with E-state index in [1.54, 1.807) is 0 Å². The van der Waals surface area contributed by atoms with E-state index in [9.17, 15) is 0 Å². The van der Waals surface area contributed by atoms with Gasteiger partial charge in [-0.25, -0.2) is 0 Å². The Labute approximate surface area is 89.8 Å². The molecule has 0 radical (unpaired) electrons. The summed E-state index contributed by atoms with van der Waals surface area (Å²) in [6.07, 6.45) is 4.66. The van der Waals surface area contributed by atoms with Crippen LogP contribution in [0.15, 0.2) is 30.6 Å². The van der Waals surface area contributed by atoms with Crippen LogP contribution in [0.4, 0.5) is 0 Å². The molecule has 0 aromatic carbocycles. The first-order valence-electron chi connectivity index (χ1n) is 5.15. The highest BCUT2D eigenvalue weighted by atomic mass is 15.3. The van der Waals surface area contributed by atoms with Gasteiger partial charge in [-0.2, -0.15) is 5.10 Å². The second-order valence-corrected chi connectivity index (χ2v) is 3.76. The van der Waals surface area contributed by atoms with E-state index in [2.05, 4.69) is 27.8 Å². The predicted molar refractivity (Wildman–Crippen MR) is 59.6 cm³/mol. The van der Waals surface area contributed by atoms with Crippen LogP contribution in [-0.2, 0) is 13.0 Å².